The molecule has 0 bridgehead atoms. The summed E-state index contributed by atoms with van der Waals surface area (Å²) in [5, 5.41) is 19.6. The van der Waals surface area contributed by atoms with E-state index in [-0.39, 0.29) is 6.61 Å². The Kier molecular flexibility index (Phi) is 3.59. The standard InChI is InChI=1S/C10H15N3O/c1-3-12-9-5-4-8(6-14)13-10(9)7(2)11/h4-5,11-12,14H,3,6H2,1-2H3. The zero-order valence-corrected chi connectivity index (χ0v) is 8.46. The zero-order chi connectivity index (χ0) is 10.6. The second-order valence-electron chi connectivity index (χ2n) is 3.01. The Bertz CT molecular complexity index is 336. The number of hydrogen-bond donors (Lipinski definition) is 3. The van der Waals surface area contributed by atoms with Crippen molar-refractivity contribution >= 4 is 11.4 Å². The molecule has 1 heterocycles. The molecular weight excluding hydrogens is 178 g/mol. The first-order valence-corrected chi connectivity index (χ1v) is 4.59. The molecule has 0 aliphatic heterocycles. The summed E-state index contributed by atoms with van der Waals surface area (Å²) in [6, 6.07) is 3.60. The van der Waals surface area contributed by atoms with Crippen LogP contribution in [0.15, 0.2) is 12.1 Å². The van der Waals surface area contributed by atoms with Crippen LogP contribution in [-0.2, 0) is 6.61 Å². The van der Waals surface area contributed by atoms with E-state index in [1.54, 1.807) is 13.0 Å². The molecule has 0 aliphatic carbocycles. The third-order valence-electron chi connectivity index (χ3n) is 1.84. The lowest BCUT2D eigenvalue weighted by Gasteiger charge is -2.09. The predicted octanol–water partition coefficient (Wildman–Crippen LogP) is 1.39. The maximum atomic E-state index is 8.91. The molecule has 0 unspecified atom stereocenters. The molecule has 4 heteroatoms. The minimum Gasteiger partial charge on any atom is -0.390 e. The Morgan fingerprint density at radius 3 is 2.79 bits per heavy atom. The number of rotatable bonds is 4. The van der Waals surface area contributed by atoms with E-state index in [1.165, 1.54) is 0 Å². The topological polar surface area (TPSA) is 69.0 Å². The van der Waals surface area contributed by atoms with Crippen LogP contribution < -0.4 is 5.32 Å². The molecule has 0 amide bonds. The number of pyridine rings is 1. The summed E-state index contributed by atoms with van der Waals surface area (Å²) < 4.78 is 0. The molecule has 0 aliphatic rings. The normalized spacial score (nSPS) is 9.93. The Hall–Kier alpha value is -1.42. The van der Waals surface area contributed by atoms with Gasteiger partial charge in [0.25, 0.3) is 0 Å². The van der Waals surface area contributed by atoms with E-state index in [2.05, 4.69) is 10.3 Å². The van der Waals surface area contributed by atoms with E-state index in [0.717, 1.165) is 12.2 Å². The van der Waals surface area contributed by atoms with E-state index in [0.29, 0.717) is 17.1 Å². The summed E-state index contributed by atoms with van der Waals surface area (Å²) >= 11 is 0. The largest absolute Gasteiger partial charge is 0.390 e. The van der Waals surface area contributed by atoms with E-state index < -0.39 is 0 Å². The fraction of sp³-hybridized carbons (Fsp3) is 0.400. The molecule has 4 nitrogen and oxygen atoms in total. The fourth-order valence-electron chi connectivity index (χ4n) is 1.21. The van der Waals surface area contributed by atoms with Crippen molar-refractivity contribution in [2.24, 2.45) is 0 Å². The molecule has 0 aromatic carbocycles. The van der Waals surface area contributed by atoms with Crippen LogP contribution in [0.1, 0.15) is 25.2 Å². The first-order valence-electron chi connectivity index (χ1n) is 4.59. The van der Waals surface area contributed by atoms with Crippen molar-refractivity contribution < 1.29 is 5.11 Å². The zero-order valence-electron chi connectivity index (χ0n) is 8.46. The van der Waals surface area contributed by atoms with Gasteiger partial charge in [-0.1, -0.05) is 0 Å². The number of aliphatic hydroxyl groups is 1. The molecule has 0 radical (unpaired) electrons. The predicted molar refractivity (Wildman–Crippen MR) is 56.8 cm³/mol. The highest BCUT2D eigenvalue weighted by molar-refractivity contribution is 5.99. The van der Waals surface area contributed by atoms with Crippen LogP contribution in [-0.4, -0.2) is 22.3 Å². The van der Waals surface area contributed by atoms with Crippen LogP contribution in [0.25, 0.3) is 0 Å². The van der Waals surface area contributed by atoms with Crippen molar-refractivity contribution in [1.29, 1.82) is 5.41 Å². The van der Waals surface area contributed by atoms with Gasteiger partial charge >= 0.3 is 0 Å². The van der Waals surface area contributed by atoms with Gasteiger partial charge in [0.1, 0.15) is 5.69 Å². The number of nitrogens with one attached hydrogen (secondary N) is 2. The van der Waals surface area contributed by atoms with E-state index >= 15 is 0 Å². The van der Waals surface area contributed by atoms with Gasteiger partial charge in [0.05, 0.1) is 23.7 Å². The first kappa shape index (κ1) is 10.7. The lowest BCUT2D eigenvalue weighted by Crippen LogP contribution is -2.08. The van der Waals surface area contributed by atoms with Gasteiger partial charge in [0, 0.05) is 6.54 Å². The van der Waals surface area contributed by atoms with Crippen LogP contribution in [0, 0.1) is 5.41 Å². The Morgan fingerprint density at radius 1 is 1.57 bits per heavy atom. The highest BCUT2D eigenvalue weighted by Crippen LogP contribution is 2.14. The second-order valence-corrected chi connectivity index (χ2v) is 3.01. The first-order chi connectivity index (χ1) is 6.69. The monoisotopic (exact) mass is 193 g/mol. The van der Waals surface area contributed by atoms with Crippen molar-refractivity contribution in [3.05, 3.63) is 23.5 Å². The lowest BCUT2D eigenvalue weighted by atomic mass is 10.2. The Balaban J connectivity index is 3.10. The summed E-state index contributed by atoms with van der Waals surface area (Å²) in [5.74, 6) is 0. The lowest BCUT2D eigenvalue weighted by molar-refractivity contribution is 0.277. The Morgan fingerprint density at radius 2 is 2.29 bits per heavy atom. The van der Waals surface area contributed by atoms with Crippen LogP contribution in [0.3, 0.4) is 0 Å². The average molecular weight is 193 g/mol. The molecule has 76 valence electrons. The number of hydrogen-bond acceptors (Lipinski definition) is 4. The highest BCUT2D eigenvalue weighted by atomic mass is 16.3. The van der Waals surface area contributed by atoms with E-state index in [4.69, 9.17) is 10.5 Å². The molecule has 1 rings (SSSR count). The molecule has 0 saturated carbocycles. The summed E-state index contributed by atoms with van der Waals surface area (Å²) in [6.45, 7) is 4.38. The summed E-state index contributed by atoms with van der Waals surface area (Å²) in [5.41, 5.74) is 2.44. The smallest absolute Gasteiger partial charge is 0.107 e. The number of nitrogens with zero attached hydrogens (tertiary/aromatic N) is 1. The van der Waals surface area contributed by atoms with Gasteiger partial charge in [0.15, 0.2) is 0 Å². The molecule has 0 saturated heterocycles. The molecule has 0 spiro atoms. The summed E-state index contributed by atoms with van der Waals surface area (Å²) in [6.07, 6.45) is 0. The van der Waals surface area contributed by atoms with Crippen LogP contribution in [0.4, 0.5) is 5.69 Å². The quantitative estimate of drug-likeness (QED) is 0.633. The van der Waals surface area contributed by atoms with Gasteiger partial charge in [0.2, 0.25) is 0 Å². The third-order valence-corrected chi connectivity index (χ3v) is 1.84. The molecule has 1 aromatic rings. The van der Waals surface area contributed by atoms with Crippen molar-refractivity contribution in [3.63, 3.8) is 0 Å². The van der Waals surface area contributed by atoms with Gasteiger partial charge in [-0.25, -0.2) is 4.98 Å². The van der Waals surface area contributed by atoms with Gasteiger partial charge in [-0.2, -0.15) is 0 Å². The fourth-order valence-corrected chi connectivity index (χ4v) is 1.21. The summed E-state index contributed by atoms with van der Waals surface area (Å²) in [4.78, 5) is 4.17. The molecule has 1 aromatic heterocycles. The maximum Gasteiger partial charge on any atom is 0.107 e. The van der Waals surface area contributed by atoms with Crippen molar-refractivity contribution in [1.82, 2.24) is 4.98 Å². The second kappa shape index (κ2) is 4.72. The van der Waals surface area contributed by atoms with Crippen LogP contribution in [0.2, 0.25) is 0 Å². The number of anilines is 1. The van der Waals surface area contributed by atoms with E-state index in [1.807, 2.05) is 13.0 Å². The third kappa shape index (κ3) is 2.29. The van der Waals surface area contributed by atoms with Gasteiger partial charge in [-0.05, 0) is 26.0 Å². The highest BCUT2D eigenvalue weighted by Gasteiger charge is 2.06. The Labute approximate surface area is 83.5 Å². The average Bonchev–Trinajstić information content (AvgIpc) is 2.18. The van der Waals surface area contributed by atoms with Gasteiger partial charge in [-0.3, -0.25) is 0 Å². The summed E-state index contributed by atoms with van der Waals surface area (Å²) in [7, 11) is 0. The van der Waals surface area contributed by atoms with Crippen molar-refractivity contribution in [2.75, 3.05) is 11.9 Å². The number of aromatic nitrogens is 1. The maximum absolute atomic E-state index is 8.91. The molecular formula is C10H15N3O. The molecule has 3 N–H and O–H groups in total. The van der Waals surface area contributed by atoms with Gasteiger partial charge in [-0.15, -0.1) is 0 Å². The van der Waals surface area contributed by atoms with E-state index in [9.17, 15) is 0 Å². The van der Waals surface area contributed by atoms with Crippen molar-refractivity contribution in [2.45, 2.75) is 20.5 Å². The molecule has 0 fully saturated rings. The van der Waals surface area contributed by atoms with Crippen LogP contribution in [0.5, 0.6) is 0 Å². The molecule has 0 atom stereocenters. The van der Waals surface area contributed by atoms with Gasteiger partial charge < -0.3 is 15.8 Å². The minimum atomic E-state index is -0.0906. The SMILES string of the molecule is CCNc1ccc(CO)nc1C(C)=N. The number of aliphatic hydroxyl groups excluding tert-OH is 1. The van der Waals surface area contributed by atoms with Crippen LogP contribution >= 0.6 is 0 Å². The minimum absolute atomic E-state index is 0.0906. The molecule has 14 heavy (non-hydrogen) atoms. The van der Waals surface area contributed by atoms with Crippen molar-refractivity contribution in [3.8, 4) is 0 Å².